The zero-order valence-electron chi connectivity index (χ0n) is 8.73. The monoisotopic (exact) mass is 209 g/mol. The van der Waals surface area contributed by atoms with Crippen molar-refractivity contribution in [3.8, 4) is 0 Å². The van der Waals surface area contributed by atoms with Crippen LogP contribution < -0.4 is 0 Å². The van der Waals surface area contributed by atoms with Gasteiger partial charge in [-0.15, -0.1) is 0 Å². The summed E-state index contributed by atoms with van der Waals surface area (Å²) < 4.78 is 15.5. The summed E-state index contributed by atoms with van der Waals surface area (Å²) in [5, 5.41) is 0. The van der Waals surface area contributed by atoms with Gasteiger partial charge in [-0.25, -0.2) is 4.21 Å². The molecule has 0 bridgehead atoms. The predicted octanol–water partition coefficient (Wildman–Crippen LogP) is 2.74. The lowest BCUT2D eigenvalue weighted by molar-refractivity contribution is 0.684. The summed E-state index contributed by atoms with van der Waals surface area (Å²) in [6, 6.07) is 7.59. The second kappa shape index (κ2) is 5.05. The zero-order valence-corrected chi connectivity index (χ0v) is 9.54. The van der Waals surface area contributed by atoms with Crippen LogP contribution in [0.1, 0.15) is 19.4 Å². The Kier molecular flexibility index (Phi) is 4.01. The molecule has 0 aromatic heterocycles. The molecule has 1 atom stereocenters. The molecular formula is C11H15NOS. The summed E-state index contributed by atoms with van der Waals surface area (Å²) >= 11 is 0. The van der Waals surface area contributed by atoms with Crippen molar-refractivity contribution in [1.82, 2.24) is 0 Å². The fourth-order valence-corrected chi connectivity index (χ4v) is 1.74. The van der Waals surface area contributed by atoms with Crippen LogP contribution in [0.5, 0.6) is 0 Å². The Labute approximate surface area is 87.7 Å². The van der Waals surface area contributed by atoms with Gasteiger partial charge in [-0.3, -0.25) is 0 Å². The predicted molar refractivity (Wildman–Crippen MR) is 60.9 cm³/mol. The Bertz CT molecular complexity index is 341. The molecule has 14 heavy (non-hydrogen) atoms. The molecular weight excluding hydrogens is 194 g/mol. The van der Waals surface area contributed by atoms with Crippen LogP contribution in [0, 0.1) is 12.8 Å². The Hall–Kier alpha value is -0.960. The van der Waals surface area contributed by atoms with Crippen molar-refractivity contribution in [2.45, 2.75) is 25.7 Å². The second-order valence-corrected chi connectivity index (χ2v) is 4.74. The van der Waals surface area contributed by atoms with Crippen molar-refractivity contribution in [3.63, 3.8) is 0 Å². The molecule has 3 heteroatoms. The average molecular weight is 209 g/mol. The topological polar surface area (TPSA) is 29.4 Å². The number of benzene rings is 1. The largest absolute Gasteiger partial charge is 0.230 e. The van der Waals surface area contributed by atoms with Gasteiger partial charge < -0.3 is 0 Å². The molecule has 0 aliphatic rings. The summed E-state index contributed by atoms with van der Waals surface area (Å²) in [7, 11) is -1.24. The first kappa shape index (κ1) is 11.1. The summed E-state index contributed by atoms with van der Waals surface area (Å²) in [6.07, 6.45) is 1.72. The van der Waals surface area contributed by atoms with Gasteiger partial charge in [-0.1, -0.05) is 31.5 Å². The van der Waals surface area contributed by atoms with Gasteiger partial charge in [0.15, 0.2) is 11.0 Å². The Morgan fingerprint density at radius 3 is 2.36 bits per heavy atom. The Morgan fingerprint density at radius 2 is 1.86 bits per heavy atom. The van der Waals surface area contributed by atoms with Crippen LogP contribution in [-0.4, -0.2) is 10.4 Å². The van der Waals surface area contributed by atoms with Gasteiger partial charge in [0.2, 0.25) is 0 Å². The number of rotatable bonds is 3. The van der Waals surface area contributed by atoms with Crippen molar-refractivity contribution in [2.24, 2.45) is 10.3 Å². The Balaban J connectivity index is 2.75. The second-order valence-electron chi connectivity index (χ2n) is 3.56. The molecule has 0 amide bonds. The number of hydrogen-bond donors (Lipinski definition) is 0. The van der Waals surface area contributed by atoms with E-state index < -0.39 is 11.0 Å². The maximum absolute atomic E-state index is 11.6. The third kappa shape index (κ3) is 3.42. The molecule has 0 N–H and O–H groups in total. The van der Waals surface area contributed by atoms with Gasteiger partial charge in [0, 0.05) is 6.21 Å². The zero-order chi connectivity index (χ0) is 10.6. The van der Waals surface area contributed by atoms with E-state index in [1.165, 1.54) is 5.56 Å². The van der Waals surface area contributed by atoms with Crippen LogP contribution in [0.4, 0.5) is 0 Å². The molecule has 2 nitrogen and oxygen atoms in total. The third-order valence-corrected chi connectivity index (χ3v) is 2.67. The van der Waals surface area contributed by atoms with E-state index in [0.29, 0.717) is 5.92 Å². The van der Waals surface area contributed by atoms with Gasteiger partial charge in [-0.2, -0.15) is 4.40 Å². The van der Waals surface area contributed by atoms with Crippen LogP contribution in [0.2, 0.25) is 0 Å². The van der Waals surface area contributed by atoms with Crippen molar-refractivity contribution in [1.29, 1.82) is 0 Å². The van der Waals surface area contributed by atoms with E-state index in [4.69, 9.17) is 0 Å². The molecule has 0 aliphatic carbocycles. The number of aryl methyl sites for hydroxylation is 1. The van der Waals surface area contributed by atoms with Crippen molar-refractivity contribution in [3.05, 3.63) is 29.8 Å². The van der Waals surface area contributed by atoms with Crippen molar-refractivity contribution in [2.75, 3.05) is 0 Å². The molecule has 0 radical (unpaired) electrons. The standard InChI is InChI=1S/C11H15NOS/c1-9(2)8-12-14(13)11-6-4-10(3)5-7-11/h4-9H,1-3H3/t14-/m0/s1. The van der Waals surface area contributed by atoms with Crippen LogP contribution in [0.3, 0.4) is 0 Å². The molecule has 0 saturated heterocycles. The van der Waals surface area contributed by atoms with Crippen LogP contribution in [-0.2, 0) is 11.0 Å². The quantitative estimate of drug-likeness (QED) is 0.704. The minimum atomic E-state index is -1.24. The van der Waals surface area contributed by atoms with E-state index in [2.05, 4.69) is 4.40 Å². The maximum Gasteiger partial charge on any atom is 0.172 e. The lowest BCUT2D eigenvalue weighted by Gasteiger charge is -1.97. The fraction of sp³-hybridized carbons (Fsp3) is 0.364. The Morgan fingerprint density at radius 1 is 1.29 bits per heavy atom. The average Bonchev–Trinajstić information content (AvgIpc) is 2.15. The molecule has 1 aromatic carbocycles. The first-order valence-electron chi connectivity index (χ1n) is 4.62. The third-order valence-electron chi connectivity index (χ3n) is 1.68. The van der Waals surface area contributed by atoms with Gasteiger partial charge in [0.1, 0.15) is 0 Å². The molecule has 0 saturated carbocycles. The summed E-state index contributed by atoms with van der Waals surface area (Å²) in [5.41, 5.74) is 1.17. The molecule has 0 unspecified atom stereocenters. The van der Waals surface area contributed by atoms with E-state index in [9.17, 15) is 4.21 Å². The van der Waals surface area contributed by atoms with Crippen molar-refractivity contribution >= 4 is 17.2 Å². The highest BCUT2D eigenvalue weighted by Gasteiger charge is 1.99. The molecule has 0 spiro atoms. The maximum atomic E-state index is 11.6. The van der Waals surface area contributed by atoms with Crippen molar-refractivity contribution < 1.29 is 4.21 Å². The molecule has 1 aromatic rings. The molecule has 76 valence electrons. The first-order chi connectivity index (χ1) is 6.59. The van der Waals surface area contributed by atoms with E-state index in [1.807, 2.05) is 45.0 Å². The summed E-state index contributed by atoms with van der Waals surface area (Å²) in [4.78, 5) is 0.757. The lowest BCUT2D eigenvalue weighted by Crippen LogP contribution is -1.92. The van der Waals surface area contributed by atoms with Crippen LogP contribution in [0.25, 0.3) is 0 Å². The van der Waals surface area contributed by atoms with Gasteiger partial charge in [0.25, 0.3) is 0 Å². The van der Waals surface area contributed by atoms with E-state index in [1.54, 1.807) is 6.21 Å². The minimum Gasteiger partial charge on any atom is -0.230 e. The number of hydrogen-bond acceptors (Lipinski definition) is 1. The van der Waals surface area contributed by atoms with Gasteiger partial charge in [-0.05, 0) is 25.0 Å². The lowest BCUT2D eigenvalue weighted by atomic mass is 10.2. The summed E-state index contributed by atoms with van der Waals surface area (Å²) in [6.45, 7) is 6.02. The molecule has 0 fully saturated rings. The van der Waals surface area contributed by atoms with Gasteiger partial charge in [0.05, 0.1) is 4.90 Å². The van der Waals surface area contributed by atoms with Crippen LogP contribution in [0.15, 0.2) is 33.6 Å². The summed E-state index contributed by atoms with van der Waals surface area (Å²) in [5.74, 6) is 0.337. The molecule has 0 heterocycles. The SMILES string of the molecule is Cc1ccc([S@](=O)N=CC(C)C)cc1. The highest BCUT2D eigenvalue weighted by Crippen LogP contribution is 2.08. The van der Waals surface area contributed by atoms with E-state index >= 15 is 0 Å². The first-order valence-corrected chi connectivity index (χ1v) is 5.73. The highest BCUT2D eigenvalue weighted by molar-refractivity contribution is 7.83. The van der Waals surface area contributed by atoms with Crippen LogP contribution >= 0.6 is 0 Å². The number of nitrogens with zero attached hydrogens (tertiary/aromatic N) is 1. The van der Waals surface area contributed by atoms with Gasteiger partial charge >= 0.3 is 0 Å². The highest BCUT2D eigenvalue weighted by atomic mass is 32.2. The minimum absolute atomic E-state index is 0.337. The molecule has 1 rings (SSSR count). The normalized spacial score (nSPS) is 13.7. The van der Waals surface area contributed by atoms with E-state index in [-0.39, 0.29) is 0 Å². The molecule has 0 aliphatic heterocycles. The van der Waals surface area contributed by atoms with E-state index in [0.717, 1.165) is 4.90 Å². The smallest absolute Gasteiger partial charge is 0.172 e. The fourth-order valence-electron chi connectivity index (χ4n) is 0.893.